The van der Waals surface area contributed by atoms with Crippen molar-refractivity contribution in [1.82, 2.24) is 20.2 Å². The third kappa shape index (κ3) is 3.06. The number of nitrogens with zero attached hydrogens (tertiary/aromatic N) is 6. The molecular weight excluding hydrogens is 382 g/mol. The average Bonchev–Trinajstić information content (AvgIpc) is 3.38. The Kier molecular flexibility index (Phi) is 4.57. The van der Waals surface area contributed by atoms with E-state index < -0.39 is 0 Å². The van der Waals surface area contributed by atoms with Gasteiger partial charge in [0.05, 0.1) is 11.3 Å². The molecule has 2 aliphatic heterocycles. The van der Waals surface area contributed by atoms with Gasteiger partial charge in [-0.05, 0) is 31.9 Å². The number of anilines is 3. The van der Waals surface area contributed by atoms with Crippen LogP contribution in [0.2, 0.25) is 0 Å². The molecular formula is C21H23N7O2. The lowest BCUT2D eigenvalue weighted by atomic mass is 10.1. The molecule has 1 N–H and O–H groups in total. The second-order valence-corrected chi connectivity index (χ2v) is 7.51. The van der Waals surface area contributed by atoms with Crippen LogP contribution in [0.4, 0.5) is 17.5 Å². The lowest BCUT2D eigenvalue weighted by molar-refractivity contribution is 0.0988. The first kappa shape index (κ1) is 18.5. The lowest BCUT2D eigenvalue weighted by Crippen LogP contribution is -2.40. The molecule has 1 saturated heterocycles. The number of para-hydroxylation sites is 1. The zero-order valence-corrected chi connectivity index (χ0v) is 17.0. The molecule has 9 heteroatoms. The van der Waals surface area contributed by atoms with Gasteiger partial charge in [-0.1, -0.05) is 12.1 Å². The highest BCUT2D eigenvalue weighted by Crippen LogP contribution is 2.37. The fraction of sp³-hybridized carbons (Fsp3) is 0.381. The lowest BCUT2D eigenvalue weighted by Gasteiger charge is -2.27. The van der Waals surface area contributed by atoms with E-state index in [1.807, 2.05) is 31.2 Å². The maximum atomic E-state index is 13.7. The van der Waals surface area contributed by atoms with Crippen LogP contribution in [0.1, 0.15) is 36.0 Å². The first-order chi connectivity index (χ1) is 14.7. The number of hydrogen-bond donors (Lipinski definition) is 1. The number of rotatable bonds is 4. The van der Waals surface area contributed by atoms with Crippen LogP contribution in [0, 0.1) is 6.92 Å². The summed E-state index contributed by atoms with van der Waals surface area (Å²) in [6, 6.07) is 7.83. The fourth-order valence-electron chi connectivity index (χ4n) is 4.23. The van der Waals surface area contributed by atoms with E-state index in [0.29, 0.717) is 35.7 Å². The number of hydrogen-bond acceptors (Lipinski definition) is 8. The molecule has 4 heterocycles. The first-order valence-corrected chi connectivity index (χ1v) is 10.2. The predicted octanol–water partition coefficient (Wildman–Crippen LogP) is 2.90. The number of aryl methyl sites for hydroxylation is 1. The van der Waals surface area contributed by atoms with E-state index >= 15 is 0 Å². The number of aromatic nitrogens is 4. The van der Waals surface area contributed by atoms with Gasteiger partial charge in [0, 0.05) is 38.8 Å². The number of carbonyl (C=O) groups excluding carboxylic acids is 1. The van der Waals surface area contributed by atoms with Gasteiger partial charge in [-0.15, -0.1) is 10.2 Å². The van der Waals surface area contributed by atoms with Crippen LogP contribution in [0.25, 0.3) is 11.5 Å². The Morgan fingerprint density at radius 2 is 2.10 bits per heavy atom. The summed E-state index contributed by atoms with van der Waals surface area (Å²) < 4.78 is 5.66. The summed E-state index contributed by atoms with van der Waals surface area (Å²) in [5, 5.41) is 11.3. The molecule has 0 bridgehead atoms. The van der Waals surface area contributed by atoms with Gasteiger partial charge in [-0.3, -0.25) is 4.79 Å². The second kappa shape index (κ2) is 7.40. The van der Waals surface area contributed by atoms with E-state index in [-0.39, 0.29) is 11.9 Å². The van der Waals surface area contributed by atoms with Crippen LogP contribution >= 0.6 is 0 Å². The van der Waals surface area contributed by atoms with Crippen LogP contribution in [0.15, 0.2) is 34.9 Å². The summed E-state index contributed by atoms with van der Waals surface area (Å²) in [4.78, 5) is 26.8. The Balaban J connectivity index is 1.62. The second-order valence-electron chi connectivity index (χ2n) is 7.51. The molecule has 3 aromatic rings. The molecule has 2 aromatic heterocycles. The highest BCUT2D eigenvalue weighted by Gasteiger charge is 2.38. The monoisotopic (exact) mass is 405 g/mol. The minimum Gasteiger partial charge on any atom is -0.421 e. The minimum absolute atomic E-state index is 0.119. The SMILES string of the molecule is CCNc1ncc2c(n1)N1CCCC1CN(c1ccccc1-c1nnc(C)o1)C2=O. The number of amides is 1. The minimum atomic E-state index is -0.119. The third-order valence-corrected chi connectivity index (χ3v) is 5.57. The number of carbonyl (C=O) groups is 1. The van der Waals surface area contributed by atoms with Crippen LogP contribution in [-0.2, 0) is 0 Å². The zero-order valence-electron chi connectivity index (χ0n) is 17.0. The molecule has 0 radical (unpaired) electrons. The van der Waals surface area contributed by atoms with E-state index in [4.69, 9.17) is 4.42 Å². The van der Waals surface area contributed by atoms with Gasteiger partial charge in [0.2, 0.25) is 17.7 Å². The highest BCUT2D eigenvalue weighted by molar-refractivity contribution is 6.11. The van der Waals surface area contributed by atoms with E-state index in [9.17, 15) is 4.79 Å². The normalized spacial score (nSPS) is 18.2. The Morgan fingerprint density at radius 3 is 2.90 bits per heavy atom. The Labute approximate surface area is 174 Å². The van der Waals surface area contributed by atoms with Gasteiger partial charge in [0.15, 0.2) is 0 Å². The molecule has 1 atom stereocenters. The number of benzene rings is 1. The number of nitrogens with one attached hydrogen (secondary N) is 1. The van der Waals surface area contributed by atoms with Crippen molar-refractivity contribution in [3.63, 3.8) is 0 Å². The quantitative estimate of drug-likeness (QED) is 0.707. The summed E-state index contributed by atoms with van der Waals surface area (Å²) in [6.07, 6.45) is 3.71. The summed E-state index contributed by atoms with van der Waals surface area (Å²) in [5.41, 5.74) is 2.00. The van der Waals surface area contributed by atoms with Crippen molar-refractivity contribution >= 4 is 23.4 Å². The van der Waals surface area contributed by atoms with Crippen LogP contribution < -0.4 is 15.1 Å². The van der Waals surface area contributed by atoms with Crippen LogP contribution in [0.3, 0.4) is 0 Å². The Hall–Kier alpha value is -3.49. The Morgan fingerprint density at radius 1 is 1.23 bits per heavy atom. The van der Waals surface area contributed by atoms with Gasteiger partial charge in [0.1, 0.15) is 11.4 Å². The standard InChI is InChI=1S/C21H23N7O2/c1-3-22-21-23-11-16-18(24-21)27-10-6-7-14(27)12-28(20(16)29)17-9-5-4-8-15(17)19-26-25-13(2)30-19/h4-5,8-9,11,14H,3,6-7,10,12H2,1-2H3,(H,22,23,24). The fourth-order valence-corrected chi connectivity index (χ4v) is 4.23. The summed E-state index contributed by atoms with van der Waals surface area (Å²) >= 11 is 0. The molecule has 1 unspecified atom stereocenters. The summed E-state index contributed by atoms with van der Waals surface area (Å²) in [7, 11) is 0. The Bertz CT molecular complexity index is 1100. The molecule has 5 rings (SSSR count). The molecule has 0 aliphatic carbocycles. The topological polar surface area (TPSA) is 100 Å². The molecule has 154 valence electrons. The molecule has 2 aliphatic rings. The van der Waals surface area contributed by atoms with Gasteiger partial charge in [-0.2, -0.15) is 4.98 Å². The smallest absolute Gasteiger partial charge is 0.263 e. The number of fused-ring (bicyclic) bond motifs is 3. The van der Waals surface area contributed by atoms with E-state index in [2.05, 4.69) is 30.4 Å². The van der Waals surface area contributed by atoms with Gasteiger partial charge < -0.3 is 19.5 Å². The van der Waals surface area contributed by atoms with Crippen molar-refractivity contribution in [1.29, 1.82) is 0 Å². The van der Waals surface area contributed by atoms with Gasteiger partial charge in [0.25, 0.3) is 5.91 Å². The van der Waals surface area contributed by atoms with E-state index in [0.717, 1.165) is 37.2 Å². The molecule has 0 spiro atoms. The van der Waals surface area contributed by atoms with Crippen molar-refractivity contribution in [2.75, 3.05) is 34.8 Å². The van der Waals surface area contributed by atoms with Crippen molar-refractivity contribution in [2.45, 2.75) is 32.7 Å². The average molecular weight is 405 g/mol. The molecule has 0 saturated carbocycles. The van der Waals surface area contributed by atoms with E-state index in [1.165, 1.54) is 0 Å². The van der Waals surface area contributed by atoms with Gasteiger partial charge in [-0.25, -0.2) is 4.98 Å². The van der Waals surface area contributed by atoms with Crippen molar-refractivity contribution in [3.8, 4) is 11.5 Å². The summed E-state index contributed by atoms with van der Waals surface area (Å²) in [6.45, 7) is 5.92. The zero-order chi connectivity index (χ0) is 20.7. The van der Waals surface area contributed by atoms with Crippen LogP contribution in [0.5, 0.6) is 0 Å². The maximum Gasteiger partial charge on any atom is 0.263 e. The van der Waals surface area contributed by atoms with E-state index in [1.54, 1.807) is 18.0 Å². The van der Waals surface area contributed by atoms with Crippen LogP contribution in [-0.4, -0.2) is 51.7 Å². The predicted molar refractivity (Wildman–Crippen MR) is 113 cm³/mol. The van der Waals surface area contributed by atoms with Gasteiger partial charge >= 0.3 is 0 Å². The van der Waals surface area contributed by atoms with Crippen molar-refractivity contribution < 1.29 is 9.21 Å². The highest BCUT2D eigenvalue weighted by atomic mass is 16.4. The molecule has 1 amide bonds. The summed E-state index contributed by atoms with van der Waals surface area (Å²) in [5.74, 6) is 2.03. The largest absolute Gasteiger partial charge is 0.421 e. The molecule has 9 nitrogen and oxygen atoms in total. The first-order valence-electron chi connectivity index (χ1n) is 10.2. The molecule has 1 fully saturated rings. The third-order valence-electron chi connectivity index (χ3n) is 5.57. The molecule has 30 heavy (non-hydrogen) atoms. The molecule has 1 aromatic carbocycles. The van der Waals surface area contributed by atoms with Crippen molar-refractivity contribution in [2.24, 2.45) is 0 Å². The maximum absolute atomic E-state index is 13.7. The van der Waals surface area contributed by atoms with Crippen molar-refractivity contribution in [3.05, 3.63) is 41.9 Å².